The molecule has 1 heterocycles. The van der Waals surface area contributed by atoms with Crippen molar-refractivity contribution < 1.29 is 4.79 Å². The fourth-order valence-electron chi connectivity index (χ4n) is 1.79. The largest absolute Gasteiger partial charge is 0.336 e. The third-order valence-electron chi connectivity index (χ3n) is 2.92. The fourth-order valence-corrected chi connectivity index (χ4v) is 2.96. The smallest absolute Gasteiger partial charge is 0.246 e. The molecule has 0 atom stereocenters. The zero-order valence-electron chi connectivity index (χ0n) is 10.4. The minimum Gasteiger partial charge on any atom is -0.336 e. The van der Waals surface area contributed by atoms with Gasteiger partial charge in [0.25, 0.3) is 0 Å². The maximum Gasteiger partial charge on any atom is 0.246 e. The number of likely N-dealkylation sites (tertiary alicyclic amines) is 1. The van der Waals surface area contributed by atoms with Gasteiger partial charge in [-0.1, -0.05) is 29.3 Å². The molecule has 1 aliphatic rings. The highest BCUT2D eigenvalue weighted by atomic mass is 35.5. The molecule has 6 heteroatoms. The van der Waals surface area contributed by atoms with E-state index >= 15 is 0 Å². The van der Waals surface area contributed by atoms with Crippen LogP contribution in [0.5, 0.6) is 0 Å². The molecule has 1 aliphatic heterocycles. The Hall–Kier alpha value is -0.680. The number of thioether (sulfide) groups is 1. The Morgan fingerprint density at radius 1 is 1.42 bits per heavy atom. The lowest BCUT2D eigenvalue weighted by Gasteiger charge is -2.36. The SMILES string of the molecule is CSc1ccc(/C=C/C(=O)N2CC(N)C2)c(Cl)c1Cl. The Labute approximate surface area is 126 Å². The first-order chi connectivity index (χ1) is 9.02. The molecular formula is C13H14Cl2N2OS. The van der Waals surface area contributed by atoms with Crippen LogP contribution in [0.15, 0.2) is 23.1 Å². The van der Waals surface area contributed by atoms with E-state index in [1.807, 2.05) is 18.4 Å². The molecule has 2 N–H and O–H groups in total. The summed E-state index contributed by atoms with van der Waals surface area (Å²) in [6.45, 7) is 1.23. The second-order valence-corrected chi connectivity index (χ2v) is 5.93. The van der Waals surface area contributed by atoms with E-state index in [1.54, 1.807) is 11.0 Å². The zero-order valence-corrected chi connectivity index (χ0v) is 12.7. The van der Waals surface area contributed by atoms with Gasteiger partial charge in [-0.05, 0) is 24.0 Å². The molecule has 3 nitrogen and oxygen atoms in total. The molecule has 1 fully saturated rings. The molecule has 0 aromatic heterocycles. The van der Waals surface area contributed by atoms with Crippen molar-refractivity contribution in [2.75, 3.05) is 19.3 Å². The van der Waals surface area contributed by atoms with Crippen LogP contribution in [-0.2, 0) is 4.79 Å². The third kappa shape index (κ3) is 3.26. The van der Waals surface area contributed by atoms with Crippen LogP contribution in [-0.4, -0.2) is 36.2 Å². The Bertz CT molecular complexity index is 528. The lowest BCUT2D eigenvalue weighted by molar-refractivity contribution is -0.130. The van der Waals surface area contributed by atoms with Crippen molar-refractivity contribution in [1.29, 1.82) is 0 Å². The van der Waals surface area contributed by atoms with E-state index < -0.39 is 0 Å². The Morgan fingerprint density at radius 2 is 2.11 bits per heavy atom. The number of nitrogens with zero attached hydrogens (tertiary/aromatic N) is 1. The van der Waals surface area contributed by atoms with Crippen molar-refractivity contribution in [2.24, 2.45) is 5.73 Å². The third-order valence-corrected chi connectivity index (χ3v) is 4.71. The molecule has 2 rings (SSSR count). The van der Waals surface area contributed by atoms with Gasteiger partial charge in [0.05, 0.1) is 10.0 Å². The second kappa shape index (κ2) is 6.18. The van der Waals surface area contributed by atoms with Crippen LogP contribution < -0.4 is 5.73 Å². The van der Waals surface area contributed by atoms with Crippen molar-refractivity contribution in [3.63, 3.8) is 0 Å². The number of carbonyl (C=O) groups excluding carboxylic acids is 1. The fraction of sp³-hybridized carbons (Fsp3) is 0.308. The van der Waals surface area contributed by atoms with Crippen LogP contribution in [0.1, 0.15) is 5.56 Å². The van der Waals surface area contributed by atoms with Gasteiger partial charge < -0.3 is 10.6 Å². The van der Waals surface area contributed by atoms with E-state index in [-0.39, 0.29) is 11.9 Å². The van der Waals surface area contributed by atoms with Crippen molar-refractivity contribution in [3.05, 3.63) is 33.8 Å². The van der Waals surface area contributed by atoms with Crippen LogP contribution in [0.25, 0.3) is 6.08 Å². The van der Waals surface area contributed by atoms with E-state index in [2.05, 4.69) is 0 Å². The minimum absolute atomic E-state index is 0.0529. The van der Waals surface area contributed by atoms with E-state index in [9.17, 15) is 4.79 Å². The number of halogens is 2. The predicted octanol–water partition coefficient (Wildman–Crippen LogP) is 2.90. The first kappa shape index (κ1) is 14.7. The van der Waals surface area contributed by atoms with Gasteiger partial charge in [-0.25, -0.2) is 0 Å². The predicted molar refractivity (Wildman–Crippen MR) is 81.8 cm³/mol. The highest BCUT2D eigenvalue weighted by Crippen LogP contribution is 2.34. The van der Waals surface area contributed by atoms with Gasteiger partial charge in [-0.2, -0.15) is 0 Å². The van der Waals surface area contributed by atoms with Gasteiger partial charge in [-0.15, -0.1) is 11.8 Å². The average Bonchev–Trinajstić information content (AvgIpc) is 2.36. The number of hydrogen-bond acceptors (Lipinski definition) is 3. The van der Waals surface area contributed by atoms with E-state index in [0.717, 1.165) is 10.5 Å². The number of amides is 1. The average molecular weight is 317 g/mol. The number of rotatable bonds is 3. The molecule has 1 saturated heterocycles. The summed E-state index contributed by atoms with van der Waals surface area (Å²) in [7, 11) is 0. The van der Waals surface area contributed by atoms with Crippen molar-refractivity contribution in [3.8, 4) is 0 Å². The van der Waals surface area contributed by atoms with Gasteiger partial charge in [0.15, 0.2) is 0 Å². The van der Waals surface area contributed by atoms with Crippen LogP contribution in [0, 0.1) is 0 Å². The van der Waals surface area contributed by atoms with Gasteiger partial charge in [0.2, 0.25) is 5.91 Å². The first-order valence-electron chi connectivity index (χ1n) is 5.77. The number of carbonyl (C=O) groups is 1. The molecule has 0 spiro atoms. The van der Waals surface area contributed by atoms with E-state index in [4.69, 9.17) is 28.9 Å². The van der Waals surface area contributed by atoms with Gasteiger partial charge in [-0.3, -0.25) is 4.79 Å². The quantitative estimate of drug-likeness (QED) is 0.689. The summed E-state index contributed by atoms with van der Waals surface area (Å²) in [5.41, 5.74) is 6.37. The molecule has 0 aliphatic carbocycles. The maximum absolute atomic E-state index is 11.8. The van der Waals surface area contributed by atoms with Crippen molar-refractivity contribution in [2.45, 2.75) is 10.9 Å². The molecule has 1 aromatic rings. The molecular weight excluding hydrogens is 303 g/mol. The molecule has 1 amide bonds. The summed E-state index contributed by atoms with van der Waals surface area (Å²) in [5, 5.41) is 0.993. The minimum atomic E-state index is -0.0529. The van der Waals surface area contributed by atoms with Gasteiger partial charge >= 0.3 is 0 Å². The summed E-state index contributed by atoms with van der Waals surface area (Å²) < 4.78 is 0. The van der Waals surface area contributed by atoms with Gasteiger partial charge in [0, 0.05) is 30.1 Å². The summed E-state index contributed by atoms with van der Waals surface area (Å²) >= 11 is 13.8. The molecule has 1 aromatic carbocycles. The Kier molecular flexibility index (Phi) is 4.79. The molecule has 102 valence electrons. The first-order valence-corrected chi connectivity index (χ1v) is 7.75. The normalized spacial score (nSPS) is 15.9. The zero-order chi connectivity index (χ0) is 14.0. The van der Waals surface area contributed by atoms with Crippen LogP contribution in [0.2, 0.25) is 10.0 Å². The molecule has 0 unspecified atom stereocenters. The number of nitrogens with two attached hydrogens (primary N) is 1. The summed E-state index contributed by atoms with van der Waals surface area (Å²) in [4.78, 5) is 14.4. The molecule has 0 radical (unpaired) electrons. The second-order valence-electron chi connectivity index (χ2n) is 4.32. The highest BCUT2D eigenvalue weighted by molar-refractivity contribution is 7.98. The van der Waals surface area contributed by atoms with Crippen molar-refractivity contribution in [1.82, 2.24) is 4.90 Å². The monoisotopic (exact) mass is 316 g/mol. The Morgan fingerprint density at radius 3 is 2.68 bits per heavy atom. The topological polar surface area (TPSA) is 46.3 Å². The highest BCUT2D eigenvalue weighted by Gasteiger charge is 2.25. The Balaban J connectivity index is 2.11. The summed E-state index contributed by atoms with van der Waals surface area (Å²) in [6.07, 6.45) is 5.12. The van der Waals surface area contributed by atoms with Crippen LogP contribution in [0.3, 0.4) is 0 Å². The van der Waals surface area contributed by atoms with Gasteiger partial charge in [0.1, 0.15) is 0 Å². The van der Waals surface area contributed by atoms with Crippen LogP contribution >= 0.6 is 35.0 Å². The summed E-state index contributed by atoms with van der Waals surface area (Å²) in [6, 6.07) is 3.85. The van der Waals surface area contributed by atoms with Crippen LogP contribution in [0.4, 0.5) is 0 Å². The number of hydrogen-bond donors (Lipinski definition) is 1. The lowest BCUT2D eigenvalue weighted by Crippen LogP contribution is -2.57. The standard InChI is InChI=1S/C13H14Cl2N2OS/c1-19-10-4-2-8(12(14)13(10)15)3-5-11(18)17-6-9(16)7-17/h2-5,9H,6-7,16H2,1H3/b5-3+. The van der Waals surface area contributed by atoms with E-state index in [0.29, 0.717) is 23.1 Å². The lowest BCUT2D eigenvalue weighted by atomic mass is 10.1. The van der Waals surface area contributed by atoms with E-state index in [1.165, 1.54) is 17.8 Å². The molecule has 19 heavy (non-hydrogen) atoms. The number of benzene rings is 1. The van der Waals surface area contributed by atoms with Crippen molar-refractivity contribution >= 4 is 46.9 Å². The molecule has 0 bridgehead atoms. The summed E-state index contributed by atoms with van der Waals surface area (Å²) in [5.74, 6) is -0.0529. The molecule has 0 saturated carbocycles. The maximum atomic E-state index is 11.8.